The molecule has 0 aliphatic rings. The first kappa shape index (κ1) is 22.1. The number of hydrogen-bond donors (Lipinski definition) is 3. The van der Waals surface area contributed by atoms with Crippen LogP contribution in [0.1, 0.15) is 5.69 Å². The number of benzene rings is 3. The summed E-state index contributed by atoms with van der Waals surface area (Å²) in [7, 11) is 0. The summed E-state index contributed by atoms with van der Waals surface area (Å²) in [6.07, 6.45) is 1.42. The minimum atomic E-state index is -0.966. The number of nitrogens with zero attached hydrogens (tertiary/aromatic N) is 2. The second kappa shape index (κ2) is 9.58. The Labute approximate surface area is 201 Å². The molecule has 9 heteroatoms. The molecule has 0 saturated carbocycles. The molecule has 4 aromatic rings. The molecule has 0 aliphatic carbocycles. The Balaban J connectivity index is 1.62. The number of rotatable bonds is 6. The Morgan fingerprint density at radius 3 is 2.56 bits per heavy atom. The summed E-state index contributed by atoms with van der Waals surface area (Å²) in [5.74, 6) is -1.90. The van der Waals surface area contributed by atoms with Gasteiger partial charge in [-0.2, -0.15) is 5.11 Å². The van der Waals surface area contributed by atoms with E-state index in [0.29, 0.717) is 21.9 Å². The van der Waals surface area contributed by atoms with Crippen molar-refractivity contribution in [3.63, 3.8) is 0 Å². The van der Waals surface area contributed by atoms with Gasteiger partial charge in [-0.05, 0) is 77.2 Å². The van der Waals surface area contributed by atoms with Crippen molar-refractivity contribution in [1.82, 2.24) is 4.98 Å². The van der Waals surface area contributed by atoms with E-state index < -0.39 is 11.6 Å². The number of halogens is 4. The molecule has 1 heterocycles. The first-order valence-corrected chi connectivity index (χ1v) is 10.8. The molecule has 160 valence electrons. The lowest BCUT2D eigenvalue weighted by atomic mass is 10.1. The van der Waals surface area contributed by atoms with Gasteiger partial charge in [0.25, 0.3) is 0 Å². The Morgan fingerprint density at radius 1 is 1.00 bits per heavy atom. The summed E-state index contributed by atoms with van der Waals surface area (Å²) in [6, 6.07) is 18.4. The lowest BCUT2D eigenvalue weighted by Gasteiger charge is -2.11. The summed E-state index contributed by atoms with van der Waals surface area (Å²) in [4.78, 5) is 4.61. The second-order valence-corrected chi connectivity index (χ2v) is 8.31. The number of aromatic nitrogens is 1. The van der Waals surface area contributed by atoms with Crippen molar-refractivity contribution in [2.24, 2.45) is 5.11 Å². The monoisotopic (exact) mass is 561 g/mol. The maximum absolute atomic E-state index is 13.4. The number of hydrogen-bond acceptors (Lipinski definition) is 5. The first-order valence-electron chi connectivity index (χ1n) is 9.36. The van der Waals surface area contributed by atoms with Gasteiger partial charge in [0, 0.05) is 38.3 Å². The molecular formula is C23H15ClF2IN5. The highest BCUT2D eigenvalue weighted by molar-refractivity contribution is 14.1. The van der Waals surface area contributed by atoms with E-state index in [-0.39, 0.29) is 5.70 Å². The van der Waals surface area contributed by atoms with Crippen LogP contribution in [0.2, 0.25) is 5.02 Å². The normalized spacial score (nSPS) is 11.4. The zero-order chi connectivity index (χ0) is 22.7. The molecule has 0 amide bonds. The molecule has 0 bridgehead atoms. The van der Waals surface area contributed by atoms with E-state index >= 15 is 0 Å². The molecule has 3 N–H and O–H groups in total. The van der Waals surface area contributed by atoms with Crippen molar-refractivity contribution in [3.8, 4) is 0 Å². The average molecular weight is 562 g/mol. The van der Waals surface area contributed by atoms with Gasteiger partial charge in [0.2, 0.25) is 0 Å². The predicted molar refractivity (Wildman–Crippen MR) is 132 cm³/mol. The van der Waals surface area contributed by atoms with Crippen LogP contribution < -0.4 is 10.6 Å². The minimum Gasteiger partial charge on any atom is -0.360 e. The van der Waals surface area contributed by atoms with E-state index in [0.717, 1.165) is 32.5 Å². The molecule has 0 saturated heterocycles. The quantitative estimate of drug-likeness (QED) is 0.165. The van der Waals surface area contributed by atoms with Gasteiger partial charge in [-0.3, -0.25) is 0 Å². The number of pyridine rings is 1. The van der Waals surface area contributed by atoms with Crippen molar-refractivity contribution < 1.29 is 8.78 Å². The second-order valence-electron chi connectivity index (χ2n) is 6.74. The van der Waals surface area contributed by atoms with Crippen LogP contribution in [0.4, 0.5) is 25.8 Å². The van der Waals surface area contributed by atoms with Gasteiger partial charge in [-0.1, -0.05) is 17.7 Å². The molecule has 1 aromatic heterocycles. The van der Waals surface area contributed by atoms with E-state index in [1.165, 1.54) is 12.3 Å². The minimum absolute atomic E-state index is 0.238. The van der Waals surface area contributed by atoms with Crippen LogP contribution >= 0.6 is 34.2 Å². The maximum Gasteiger partial charge on any atom is 0.160 e. The third kappa shape index (κ3) is 4.86. The van der Waals surface area contributed by atoms with E-state index in [2.05, 4.69) is 43.3 Å². The fraction of sp³-hybridized carbons (Fsp3) is 0. The summed E-state index contributed by atoms with van der Waals surface area (Å²) in [6.45, 7) is 0. The standard InChI is InChI=1S/C23H15ClF2IN5/c24-16-7-4-14(11-19(16)27)30-20-2-1-3-21-15(20)6-9-22(31-21)23(32-28)12-29-13-5-8-17(25)18(26)10-13/h1-12,28-30H/b23-12-,32-28?. The fourth-order valence-corrected chi connectivity index (χ4v) is 3.67. The molecule has 4 rings (SSSR count). The zero-order valence-corrected chi connectivity index (χ0v) is 19.2. The molecule has 32 heavy (non-hydrogen) atoms. The van der Waals surface area contributed by atoms with Crippen LogP contribution in [0.25, 0.3) is 16.6 Å². The maximum atomic E-state index is 13.4. The van der Waals surface area contributed by atoms with E-state index in [9.17, 15) is 8.78 Å². The highest BCUT2D eigenvalue weighted by Gasteiger charge is 2.09. The highest BCUT2D eigenvalue weighted by atomic mass is 127. The van der Waals surface area contributed by atoms with Crippen LogP contribution in [0.3, 0.4) is 0 Å². The smallest absolute Gasteiger partial charge is 0.160 e. The van der Waals surface area contributed by atoms with E-state index in [1.807, 2.05) is 42.5 Å². The largest absolute Gasteiger partial charge is 0.360 e. The van der Waals surface area contributed by atoms with Crippen molar-refractivity contribution in [1.29, 1.82) is 5.53 Å². The molecule has 0 unspecified atom stereocenters. The van der Waals surface area contributed by atoms with Crippen LogP contribution in [0.15, 0.2) is 78.0 Å². The molecule has 3 aromatic carbocycles. The van der Waals surface area contributed by atoms with Gasteiger partial charge in [0.15, 0.2) is 11.6 Å². The van der Waals surface area contributed by atoms with Crippen LogP contribution in [0, 0.1) is 20.7 Å². The van der Waals surface area contributed by atoms with Crippen molar-refractivity contribution in [2.45, 2.75) is 0 Å². The Hall–Kier alpha value is -3.11. The zero-order valence-electron chi connectivity index (χ0n) is 16.3. The van der Waals surface area contributed by atoms with E-state index in [4.69, 9.17) is 17.1 Å². The van der Waals surface area contributed by atoms with Gasteiger partial charge in [0.1, 0.15) is 5.70 Å². The average Bonchev–Trinajstić information content (AvgIpc) is 2.79. The Bertz CT molecular complexity index is 1360. The summed E-state index contributed by atoms with van der Waals surface area (Å²) in [5, 5.41) is 11.3. The summed E-state index contributed by atoms with van der Waals surface area (Å²) < 4.78 is 27.4. The first-order chi connectivity index (χ1) is 15.4. The number of nitrogens with one attached hydrogen (secondary N) is 3. The summed E-state index contributed by atoms with van der Waals surface area (Å²) >= 11 is 8.28. The molecule has 0 spiro atoms. The van der Waals surface area contributed by atoms with Gasteiger partial charge < -0.3 is 10.6 Å². The van der Waals surface area contributed by atoms with Gasteiger partial charge >= 0.3 is 0 Å². The van der Waals surface area contributed by atoms with Crippen molar-refractivity contribution in [3.05, 3.63) is 98.9 Å². The van der Waals surface area contributed by atoms with Gasteiger partial charge in [-0.25, -0.2) is 19.3 Å². The van der Waals surface area contributed by atoms with Gasteiger partial charge in [-0.15, -0.1) is 0 Å². The van der Waals surface area contributed by atoms with Gasteiger partial charge in [0.05, 0.1) is 16.2 Å². The van der Waals surface area contributed by atoms with Crippen molar-refractivity contribution in [2.75, 3.05) is 10.6 Å². The molecule has 0 fully saturated rings. The predicted octanol–water partition coefficient (Wildman–Crippen LogP) is 7.96. The molecule has 0 atom stereocenters. The third-order valence-electron chi connectivity index (χ3n) is 4.61. The summed E-state index contributed by atoms with van der Waals surface area (Å²) in [5.41, 5.74) is 11.0. The third-order valence-corrected chi connectivity index (χ3v) is 6.15. The highest BCUT2D eigenvalue weighted by Crippen LogP contribution is 2.29. The van der Waals surface area contributed by atoms with Crippen LogP contribution in [-0.4, -0.2) is 4.98 Å². The molecular weight excluding hydrogens is 547 g/mol. The Morgan fingerprint density at radius 2 is 1.81 bits per heavy atom. The lowest BCUT2D eigenvalue weighted by Crippen LogP contribution is -1.96. The van der Waals surface area contributed by atoms with Crippen molar-refractivity contribution >= 4 is 67.9 Å². The number of fused-ring (bicyclic) bond motifs is 1. The van der Waals surface area contributed by atoms with Crippen LogP contribution in [0.5, 0.6) is 0 Å². The molecule has 0 radical (unpaired) electrons. The SMILES string of the molecule is N=N/C(=C\Nc1ccc(F)c(F)c1)c1ccc2c(Nc3ccc(Cl)c(I)c3)cccc2n1. The topological polar surface area (TPSA) is 73.2 Å². The Kier molecular flexibility index (Phi) is 6.61. The number of anilines is 3. The molecule has 5 nitrogen and oxygen atoms in total. The lowest BCUT2D eigenvalue weighted by molar-refractivity contribution is 0.509. The molecule has 0 aliphatic heterocycles. The fourth-order valence-electron chi connectivity index (χ4n) is 3.04. The van der Waals surface area contributed by atoms with E-state index in [1.54, 1.807) is 6.07 Å². The van der Waals surface area contributed by atoms with Crippen LogP contribution in [-0.2, 0) is 0 Å².